The van der Waals surface area contributed by atoms with Gasteiger partial charge in [-0.3, -0.25) is 9.59 Å². The highest BCUT2D eigenvalue weighted by Crippen LogP contribution is 2.17. The molecule has 1 aliphatic rings. The second kappa shape index (κ2) is 7.61. The minimum Gasteiger partial charge on any atom is -0.465 e. The highest BCUT2D eigenvalue weighted by Gasteiger charge is 2.23. The summed E-state index contributed by atoms with van der Waals surface area (Å²) in [5.74, 6) is 0.213. The summed E-state index contributed by atoms with van der Waals surface area (Å²) >= 11 is 0. The lowest BCUT2D eigenvalue weighted by Gasteiger charge is -2.11. The molecule has 1 atom stereocenters. The van der Waals surface area contributed by atoms with Gasteiger partial charge in [-0.2, -0.15) is 0 Å². The number of carbonyl (C=O) groups excluding carboxylic acids is 2. The number of furan rings is 1. The van der Waals surface area contributed by atoms with Crippen LogP contribution in [0.2, 0.25) is 0 Å². The Labute approximate surface area is 139 Å². The summed E-state index contributed by atoms with van der Waals surface area (Å²) < 4.78 is 10.4. The van der Waals surface area contributed by atoms with Crippen LogP contribution in [0.25, 0.3) is 6.08 Å². The fourth-order valence-electron chi connectivity index (χ4n) is 2.37. The summed E-state index contributed by atoms with van der Waals surface area (Å²) in [5.41, 5.74) is 1.30. The average molecular weight is 326 g/mol. The second-order valence-corrected chi connectivity index (χ2v) is 5.41. The van der Waals surface area contributed by atoms with Crippen LogP contribution in [-0.2, 0) is 14.3 Å². The number of benzene rings is 1. The van der Waals surface area contributed by atoms with E-state index in [1.54, 1.807) is 48.7 Å². The Kier molecular flexibility index (Phi) is 5.08. The monoisotopic (exact) mass is 326 g/mol. The van der Waals surface area contributed by atoms with Gasteiger partial charge in [-0.1, -0.05) is 0 Å². The van der Waals surface area contributed by atoms with Gasteiger partial charge in [0, 0.05) is 24.1 Å². The van der Waals surface area contributed by atoms with Gasteiger partial charge in [-0.15, -0.1) is 0 Å². The third kappa shape index (κ3) is 4.33. The number of ether oxygens (including phenoxy) is 1. The molecule has 2 N–H and O–H groups in total. The Morgan fingerprint density at radius 1 is 1.08 bits per heavy atom. The van der Waals surface area contributed by atoms with E-state index in [0.29, 0.717) is 23.7 Å². The van der Waals surface area contributed by atoms with E-state index in [1.165, 1.54) is 6.08 Å². The van der Waals surface area contributed by atoms with Gasteiger partial charge in [0.1, 0.15) is 11.9 Å². The Balaban J connectivity index is 1.52. The molecule has 0 aliphatic carbocycles. The summed E-state index contributed by atoms with van der Waals surface area (Å²) in [5, 5.41) is 5.54. The lowest BCUT2D eigenvalue weighted by atomic mass is 10.2. The smallest absolute Gasteiger partial charge is 0.253 e. The van der Waals surface area contributed by atoms with Crippen LogP contribution >= 0.6 is 0 Å². The number of nitrogens with one attached hydrogen (secondary N) is 2. The van der Waals surface area contributed by atoms with E-state index < -0.39 is 0 Å². The Morgan fingerprint density at radius 2 is 1.83 bits per heavy atom. The maximum Gasteiger partial charge on any atom is 0.253 e. The molecule has 6 heteroatoms. The zero-order valence-electron chi connectivity index (χ0n) is 13.0. The molecule has 24 heavy (non-hydrogen) atoms. The molecule has 1 aromatic heterocycles. The van der Waals surface area contributed by atoms with Crippen LogP contribution in [0.15, 0.2) is 53.2 Å². The first kappa shape index (κ1) is 16.0. The molecule has 1 unspecified atom stereocenters. The van der Waals surface area contributed by atoms with Crippen molar-refractivity contribution in [3.63, 3.8) is 0 Å². The van der Waals surface area contributed by atoms with Gasteiger partial charge in [0.2, 0.25) is 5.91 Å². The molecule has 6 nitrogen and oxygen atoms in total. The predicted molar refractivity (Wildman–Crippen MR) is 90.4 cm³/mol. The molecular weight excluding hydrogens is 308 g/mol. The third-order valence-electron chi connectivity index (χ3n) is 3.58. The molecule has 3 rings (SSSR count). The van der Waals surface area contributed by atoms with Crippen LogP contribution in [-0.4, -0.2) is 24.5 Å². The zero-order valence-corrected chi connectivity index (χ0v) is 13.0. The van der Waals surface area contributed by atoms with E-state index in [-0.39, 0.29) is 17.9 Å². The van der Waals surface area contributed by atoms with Gasteiger partial charge < -0.3 is 19.8 Å². The largest absolute Gasteiger partial charge is 0.465 e. The van der Waals surface area contributed by atoms with Crippen molar-refractivity contribution in [2.24, 2.45) is 0 Å². The van der Waals surface area contributed by atoms with E-state index in [2.05, 4.69) is 10.6 Å². The zero-order chi connectivity index (χ0) is 16.8. The van der Waals surface area contributed by atoms with Crippen molar-refractivity contribution >= 4 is 29.3 Å². The van der Waals surface area contributed by atoms with E-state index in [4.69, 9.17) is 9.15 Å². The van der Waals surface area contributed by atoms with E-state index in [1.807, 2.05) is 0 Å². The molecule has 2 amide bonds. The summed E-state index contributed by atoms with van der Waals surface area (Å²) in [6, 6.07) is 10.4. The highest BCUT2D eigenvalue weighted by atomic mass is 16.5. The molecule has 2 aromatic rings. The summed E-state index contributed by atoms with van der Waals surface area (Å²) in [4.78, 5) is 23.8. The lowest BCUT2D eigenvalue weighted by molar-refractivity contribution is -0.124. The van der Waals surface area contributed by atoms with Crippen molar-refractivity contribution in [2.75, 3.05) is 17.2 Å². The maximum atomic E-state index is 12.0. The molecule has 124 valence electrons. The van der Waals surface area contributed by atoms with Crippen molar-refractivity contribution in [3.8, 4) is 0 Å². The predicted octanol–water partition coefficient (Wildman–Crippen LogP) is 3.05. The van der Waals surface area contributed by atoms with Gasteiger partial charge in [0.15, 0.2) is 0 Å². The Bertz CT molecular complexity index is 714. The van der Waals surface area contributed by atoms with Gasteiger partial charge in [-0.05, 0) is 55.3 Å². The second-order valence-electron chi connectivity index (χ2n) is 5.41. The molecule has 0 radical (unpaired) electrons. The Hall–Kier alpha value is -2.86. The molecule has 0 bridgehead atoms. The number of rotatable bonds is 5. The van der Waals surface area contributed by atoms with Crippen LogP contribution in [0.5, 0.6) is 0 Å². The van der Waals surface area contributed by atoms with Gasteiger partial charge in [0.25, 0.3) is 5.91 Å². The molecule has 0 saturated carbocycles. The molecule has 1 aromatic carbocycles. The van der Waals surface area contributed by atoms with Crippen molar-refractivity contribution < 1.29 is 18.7 Å². The first-order valence-corrected chi connectivity index (χ1v) is 7.76. The fourth-order valence-corrected chi connectivity index (χ4v) is 2.37. The quantitative estimate of drug-likeness (QED) is 0.828. The topological polar surface area (TPSA) is 80.6 Å². The number of amides is 2. The van der Waals surface area contributed by atoms with Crippen molar-refractivity contribution in [2.45, 2.75) is 18.9 Å². The molecule has 0 spiro atoms. The first-order valence-electron chi connectivity index (χ1n) is 7.76. The number of hydrogen-bond acceptors (Lipinski definition) is 4. The summed E-state index contributed by atoms with van der Waals surface area (Å²) in [7, 11) is 0. The van der Waals surface area contributed by atoms with Crippen LogP contribution in [0.3, 0.4) is 0 Å². The SMILES string of the molecule is O=C(C=Cc1ccco1)Nc1ccc(NC(=O)C2CCCO2)cc1. The van der Waals surface area contributed by atoms with E-state index in [9.17, 15) is 9.59 Å². The van der Waals surface area contributed by atoms with E-state index >= 15 is 0 Å². The lowest BCUT2D eigenvalue weighted by Crippen LogP contribution is -2.26. The van der Waals surface area contributed by atoms with Crippen molar-refractivity contribution in [1.82, 2.24) is 0 Å². The normalized spacial score (nSPS) is 17.1. The number of carbonyl (C=O) groups is 2. The molecular formula is C18H18N2O4. The third-order valence-corrected chi connectivity index (χ3v) is 3.58. The fraction of sp³-hybridized carbons (Fsp3) is 0.222. The van der Waals surface area contributed by atoms with Crippen LogP contribution in [0.1, 0.15) is 18.6 Å². The average Bonchev–Trinajstić information content (AvgIpc) is 3.28. The molecule has 1 saturated heterocycles. The van der Waals surface area contributed by atoms with Gasteiger partial charge in [-0.25, -0.2) is 0 Å². The summed E-state index contributed by atoms with van der Waals surface area (Å²) in [6.07, 6.45) is 5.83. The molecule has 1 aliphatic heterocycles. The maximum absolute atomic E-state index is 12.0. The van der Waals surface area contributed by atoms with Gasteiger partial charge in [0.05, 0.1) is 6.26 Å². The highest BCUT2D eigenvalue weighted by molar-refractivity contribution is 6.02. The molecule has 2 heterocycles. The van der Waals surface area contributed by atoms with Gasteiger partial charge >= 0.3 is 0 Å². The van der Waals surface area contributed by atoms with E-state index in [0.717, 1.165) is 12.8 Å². The first-order chi connectivity index (χ1) is 11.7. The van der Waals surface area contributed by atoms with Crippen LogP contribution in [0, 0.1) is 0 Å². The van der Waals surface area contributed by atoms with Crippen LogP contribution in [0.4, 0.5) is 11.4 Å². The minimum absolute atomic E-state index is 0.134. The van der Waals surface area contributed by atoms with Crippen LogP contribution < -0.4 is 10.6 Å². The number of hydrogen-bond donors (Lipinski definition) is 2. The minimum atomic E-state index is -0.365. The Morgan fingerprint density at radius 3 is 2.46 bits per heavy atom. The van der Waals surface area contributed by atoms with Crippen molar-refractivity contribution in [1.29, 1.82) is 0 Å². The standard InChI is InChI=1S/C18H18N2O4/c21-17(10-9-15-3-1-11-23-15)19-13-5-7-14(8-6-13)20-18(22)16-4-2-12-24-16/h1,3,5-11,16H,2,4,12H2,(H,19,21)(H,20,22). The van der Waals surface area contributed by atoms with Crippen molar-refractivity contribution in [3.05, 3.63) is 54.5 Å². The number of anilines is 2. The summed E-state index contributed by atoms with van der Waals surface area (Å²) in [6.45, 7) is 0.634. The molecule has 1 fully saturated rings.